The van der Waals surface area contributed by atoms with Crippen LogP contribution >= 0.6 is 0 Å². The fourth-order valence-corrected chi connectivity index (χ4v) is 8.26. The first-order valence-corrected chi connectivity index (χ1v) is 17.2. The highest BCUT2D eigenvalue weighted by atomic mass is 14.8. The van der Waals surface area contributed by atoms with E-state index >= 15 is 0 Å². The maximum absolute atomic E-state index is 7.87. The minimum Gasteiger partial charge on any atom is -0.244 e. The maximum Gasteiger partial charge on any atom is 0.187 e. The minimum atomic E-state index is -0.570. The number of nitrogens with zero attached hydrogens (tertiary/aromatic N) is 3. The van der Waals surface area contributed by atoms with Crippen LogP contribution in [0.1, 0.15) is 22.3 Å². The number of fused-ring (bicyclic) bond motifs is 7. The monoisotopic (exact) mass is 647 g/mol. The van der Waals surface area contributed by atoms with E-state index in [1.807, 2.05) is 30.3 Å². The lowest BCUT2D eigenvalue weighted by molar-refractivity contribution is 0.769. The Labute approximate surface area is 296 Å². The Morgan fingerprint density at radius 2 is 0.961 bits per heavy atom. The Hall–Kier alpha value is -6.89. The van der Waals surface area contributed by atoms with Gasteiger partial charge in [-0.3, -0.25) is 0 Å². The van der Waals surface area contributed by atoms with Crippen LogP contribution in [0.3, 0.4) is 0 Å². The van der Waals surface area contributed by atoms with Crippen molar-refractivity contribution < 1.29 is 0 Å². The number of rotatable bonds is 4. The average Bonchev–Trinajstić information content (AvgIpc) is 3.50. The third kappa shape index (κ3) is 4.37. The van der Waals surface area contributed by atoms with E-state index in [9.17, 15) is 0 Å². The first-order chi connectivity index (χ1) is 25.2. The number of aromatic nitrogens is 2. The van der Waals surface area contributed by atoms with Crippen LogP contribution in [0.2, 0.25) is 0 Å². The van der Waals surface area contributed by atoms with Crippen molar-refractivity contribution in [1.29, 1.82) is 0 Å². The van der Waals surface area contributed by atoms with Crippen LogP contribution in [-0.4, -0.2) is 9.97 Å². The van der Waals surface area contributed by atoms with Gasteiger partial charge in [-0.1, -0.05) is 152 Å². The Balaban J connectivity index is 1.14. The molecule has 0 spiro atoms. The molecule has 0 fully saturated rings. The molecule has 236 valence electrons. The van der Waals surface area contributed by atoms with Gasteiger partial charge in [0.15, 0.2) is 5.69 Å². The van der Waals surface area contributed by atoms with Gasteiger partial charge < -0.3 is 0 Å². The summed E-state index contributed by atoms with van der Waals surface area (Å²) in [6.45, 7) is 7.87. The van der Waals surface area contributed by atoms with Crippen LogP contribution in [0.4, 0.5) is 5.69 Å². The molecule has 3 heteroatoms. The maximum atomic E-state index is 7.87. The SMILES string of the molecule is [C-]#[N+]c1ccc2c(c1)C(c1ccccc1)(c1ccccc1)c1cc(-c3ccc(-c4cc5nc6ccccc6nc5c5ccccc45)cc3)ccc1-2. The smallest absolute Gasteiger partial charge is 0.187 e. The number of hydrogen-bond donors (Lipinski definition) is 0. The molecule has 1 aliphatic carbocycles. The van der Waals surface area contributed by atoms with E-state index in [1.54, 1.807) is 0 Å². The molecule has 8 aromatic carbocycles. The van der Waals surface area contributed by atoms with Crippen molar-refractivity contribution in [1.82, 2.24) is 9.97 Å². The van der Waals surface area contributed by atoms with Gasteiger partial charge in [0.25, 0.3) is 0 Å². The normalized spacial score (nSPS) is 12.8. The molecule has 0 saturated heterocycles. The minimum absolute atomic E-state index is 0.570. The van der Waals surface area contributed by atoms with Gasteiger partial charge in [-0.2, -0.15) is 0 Å². The van der Waals surface area contributed by atoms with E-state index in [0.29, 0.717) is 5.69 Å². The Morgan fingerprint density at radius 3 is 1.65 bits per heavy atom. The molecule has 1 heterocycles. The second-order valence-electron chi connectivity index (χ2n) is 13.2. The van der Waals surface area contributed by atoms with Gasteiger partial charge >= 0.3 is 0 Å². The van der Waals surface area contributed by atoms with Crippen molar-refractivity contribution in [3.8, 4) is 33.4 Å². The lowest BCUT2D eigenvalue weighted by atomic mass is 9.67. The molecule has 1 aliphatic rings. The second-order valence-corrected chi connectivity index (χ2v) is 13.2. The quantitative estimate of drug-likeness (QED) is 0.108. The predicted octanol–water partition coefficient (Wildman–Crippen LogP) is 12.2. The van der Waals surface area contributed by atoms with E-state index in [1.165, 1.54) is 27.8 Å². The van der Waals surface area contributed by atoms with Crippen LogP contribution in [-0.2, 0) is 5.41 Å². The highest BCUT2D eigenvalue weighted by Crippen LogP contribution is 2.57. The van der Waals surface area contributed by atoms with Gasteiger partial charge in [0.1, 0.15) is 0 Å². The molecule has 0 unspecified atom stereocenters. The van der Waals surface area contributed by atoms with Crippen molar-refractivity contribution in [2.75, 3.05) is 0 Å². The number of benzene rings is 8. The van der Waals surface area contributed by atoms with E-state index in [-0.39, 0.29) is 0 Å². The van der Waals surface area contributed by atoms with Crippen molar-refractivity contribution in [2.45, 2.75) is 5.41 Å². The molecule has 9 aromatic rings. The van der Waals surface area contributed by atoms with Crippen LogP contribution in [0.15, 0.2) is 176 Å². The summed E-state index contributed by atoms with van der Waals surface area (Å²) in [5, 5.41) is 2.26. The molecule has 0 bridgehead atoms. The molecule has 0 amide bonds. The van der Waals surface area contributed by atoms with Gasteiger partial charge in [0.05, 0.1) is 34.1 Å². The first kappa shape index (κ1) is 29.1. The van der Waals surface area contributed by atoms with Crippen molar-refractivity contribution in [3.63, 3.8) is 0 Å². The molecule has 3 nitrogen and oxygen atoms in total. The van der Waals surface area contributed by atoms with Gasteiger partial charge in [-0.05, 0) is 85.3 Å². The molecule has 0 saturated carbocycles. The summed E-state index contributed by atoms with van der Waals surface area (Å²) < 4.78 is 0. The lowest BCUT2D eigenvalue weighted by Crippen LogP contribution is -2.28. The summed E-state index contributed by atoms with van der Waals surface area (Å²) in [5.41, 5.74) is 15.4. The molecule has 1 aromatic heterocycles. The second kappa shape index (κ2) is 11.3. The zero-order chi connectivity index (χ0) is 33.9. The van der Waals surface area contributed by atoms with Gasteiger partial charge in [-0.15, -0.1) is 0 Å². The fourth-order valence-electron chi connectivity index (χ4n) is 8.26. The number of para-hydroxylation sites is 2. The zero-order valence-corrected chi connectivity index (χ0v) is 27.6. The molecule has 0 atom stereocenters. The molecule has 51 heavy (non-hydrogen) atoms. The third-order valence-electron chi connectivity index (χ3n) is 10.5. The van der Waals surface area contributed by atoms with E-state index in [4.69, 9.17) is 16.5 Å². The van der Waals surface area contributed by atoms with Gasteiger partial charge in [0, 0.05) is 5.39 Å². The van der Waals surface area contributed by atoms with Gasteiger partial charge in [-0.25, -0.2) is 14.8 Å². The van der Waals surface area contributed by atoms with Crippen molar-refractivity contribution in [2.24, 2.45) is 0 Å². The van der Waals surface area contributed by atoms with Crippen LogP contribution in [0, 0.1) is 6.57 Å². The highest BCUT2D eigenvalue weighted by Gasteiger charge is 2.46. The van der Waals surface area contributed by atoms with Crippen molar-refractivity contribution >= 4 is 38.5 Å². The lowest BCUT2D eigenvalue weighted by Gasteiger charge is -2.34. The summed E-state index contributed by atoms with van der Waals surface area (Å²) in [4.78, 5) is 13.9. The van der Waals surface area contributed by atoms with Crippen LogP contribution in [0.5, 0.6) is 0 Å². The molecule has 10 rings (SSSR count). The summed E-state index contributed by atoms with van der Waals surface area (Å²) in [7, 11) is 0. The molecular weight excluding hydrogens is 619 g/mol. The largest absolute Gasteiger partial charge is 0.244 e. The topological polar surface area (TPSA) is 30.1 Å². The van der Waals surface area contributed by atoms with Crippen LogP contribution in [0.25, 0.3) is 71.1 Å². The average molecular weight is 648 g/mol. The molecule has 0 aliphatic heterocycles. The summed E-state index contributed by atoms with van der Waals surface area (Å²) in [6.07, 6.45) is 0. The highest BCUT2D eigenvalue weighted by molar-refractivity contribution is 6.12. The van der Waals surface area contributed by atoms with E-state index in [2.05, 4.69) is 150 Å². The van der Waals surface area contributed by atoms with E-state index < -0.39 is 5.41 Å². The molecular formula is C48H29N3. The first-order valence-electron chi connectivity index (χ1n) is 17.2. The standard InChI is InChI=1S/C48H29N3/c1-49-36-25-27-39-38-26-24-33(28-42(38)48(43(39)29-36,34-12-4-2-5-13-34)35-14-6-3-7-15-35)31-20-22-32(23-21-31)41-30-46-47(40-17-9-8-16-37(40)41)51-45-19-11-10-18-44(45)50-46/h2-30H. The summed E-state index contributed by atoms with van der Waals surface area (Å²) in [6, 6.07) is 62.2. The predicted molar refractivity (Wildman–Crippen MR) is 209 cm³/mol. The summed E-state index contributed by atoms with van der Waals surface area (Å²) >= 11 is 0. The summed E-state index contributed by atoms with van der Waals surface area (Å²) in [5.74, 6) is 0. The van der Waals surface area contributed by atoms with Crippen LogP contribution < -0.4 is 0 Å². The molecule has 0 N–H and O–H groups in total. The Kier molecular flexibility index (Phi) is 6.46. The Morgan fingerprint density at radius 1 is 0.412 bits per heavy atom. The van der Waals surface area contributed by atoms with Crippen molar-refractivity contribution in [3.05, 3.63) is 210 Å². The number of hydrogen-bond acceptors (Lipinski definition) is 2. The zero-order valence-electron chi connectivity index (χ0n) is 27.6. The fraction of sp³-hybridized carbons (Fsp3) is 0.0208. The van der Waals surface area contributed by atoms with E-state index in [0.717, 1.165) is 60.7 Å². The molecule has 0 radical (unpaired) electrons. The third-order valence-corrected chi connectivity index (χ3v) is 10.5. The van der Waals surface area contributed by atoms with Gasteiger partial charge in [0.2, 0.25) is 0 Å². The Bertz CT molecular complexity index is 2810.